The summed E-state index contributed by atoms with van der Waals surface area (Å²) in [5, 5.41) is 17.5. The number of pyridine rings is 1. The zero-order chi connectivity index (χ0) is 24.2. The monoisotopic (exact) mass is 469 g/mol. The number of hydrogen-bond donors (Lipinski definition) is 1. The molecule has 4 aromatic rings. The highest BCUT2D eigenvalue weighted by atomic mass is 19.1. The SMILES string of the molecule is Cn1cc(-c2ccc(=N)n(/C=C/c3ccc(CCN4CCCC4)nc3)n2)c(-c2ccc(F)cc2)n1. The van der Waals surface area contributed by atoms with Crippen molar-refractivity contribution in [2.45, 2.75) is 19.3 Å². The van der Waals surface area contributed by atoms with E-state index in [1.165, 1.54) is 42.7 Å². The highest BCUT2D eigenvalue weighted by Crippen LogP contribution is 2.29. The molecule has 4 heterocycles. The third-order valence-electron chi connectivity index (χ3n) is 6.22. The van der Waals surface area contributed by atoms with Gasteiger partial charge in [0.1, 0.15) is 17.0 Å². The molecule has 35 heavy (non-hydrogen) atoms. The van der Waals surface area contributed by atoms with Gasteiger partial charge in [-0.2, -0.15) is 10.2 Å². The Labute approximate surface area is 203 Å². The van der Waals surface area contributed by atoms with Crippen LogP contribution in [-0.2, 0) is 13.5 Å². The Morgan fingerprint density at radius 3 is 2.54 bits per heavy atom. The average Bonchev–Trinajstić information content (AvgIpc) is 3.53. The minimum atomic E-state index is -0.292. The molecule has 7 nitrogen and oxygen atoms in total. The van der Waals surface area contributed by atoms with Crippen molar-refractivity contribution in [3.05, 3.63) is 83.5 Å². The predicted molar refractivity (Wildman–Crippen MR) is 135 cm³/mol. The molecule has 1 aliphatic heterocycles. The van der Waals surface area contributed by atoms with Gasteiger partial charge in [-0.25, -0.2) is 9.07 Å². The van der Waals surface area contributed by atoms with E-state index in [4.69, 9.17) is 5.41 Å². The molecule has 8 heteroatoms. The first kappa shape index (κ1) is 22.9. The molecule has 0 amide bonds. The number of aromatic nitrogens is 5. The molecule has 0 saturated carbocycles. The molecule has 0 radical (unpaired) electrons. The number of likely N-dealkylation sites (tertiary alicyclic amines) is 1. The van der Waals surface area contributed by atoms with Crippen molar-refractivity contribution in [3.63, 3.8) is 0 Å². The Morgan fingerprint density at radius 1 is 1.00 bits per heavy atom. The molecule has 0 unspecified atom stereocenters. The lowest BCUT2D eigenvalue weighted by atomic mass is 10.1. The first-order chi connectivity index (χ1) is 17.0. The summed E-state index contributed by atoms with van der Waals surface area (Å²) in [6, 6.07) is 13.9. The fourth-order valence-electron chi connectivity index (χ4n) is 4.31. The first-order valence-electron chi connectivity index (χ1n) is 11.8. The zero-order valence-corrected chi connectivity index (χ0v) is 19.7. The summed E-state index contributed by atoms with van der Waals surface area (Å²) in [5.41, 5.74) is 5.29. The van der Waals surface area contributed by atoms with Crippen LogP contribution < -0.4 is 5.49 Å². The predicted octanol–water partition coefficient (Wildman–Crippen LogP) is 4.23. The Kier molecular flexibility index (Phi) is 6.63. The maximum atomic E-state index is 13.4. The maximum absolute atomic E-state index is 13.4. The summed E-state index contributed by atoms with van der Waals surface area (Å²) in [5.74, 6) is -0.292. The highest BCUT2D eigenvalue weighted by molar-refractivity contribution is 5.78. The van der Waals surface area contributed by atoms with Crippen LogP contribution in [0.25, 0.3) is 34.8 Å². The van der Waals surface area contributed by atoms with E-state index in [1.807, 2.05) is 31.6 Å². The molecular weight excluding hydrogens is 441 g/mol. The van der Waals surface area contributed by atoms with Gasteiger partial charge in [-0.15, -0.1) is 0 Å². The second kappa shape index (κ2) is 10.1. The Bertz CT molecular complexity index is 1380. The van der Waals surface area contributed by atoms with Gasteiger partial charge in [0.15, 0.2) is 0 Å². The van der Waals surface area contributed by atoms with Crippen molar-refractivity contribution >= 4 is 12.3 Å². The third-order valence-corrected chi connectivity index (χ3v) is 6.22. The molecule has 5 rings (SSSR count). The number of nitrogens with one attached hydrogen (secondary N) is 1. The smallest absolute Gasteiger partial charge is 0.146 e. The van der Waals surface area contributed by atoms with Crippen molar-refractivity contribution in [3.8, 4) is 22.5 Å². The van der Waals surface area contributed by atoms with Crippen LogP contribution in [0.15, 0.2) is 60.9 Å². The van der Waals surface area contributed by atoms with Crippen LogP contribution in [-0.4, -0.2) is 49.1 Å². The largest absolute Gasteiger partial charge is 0.303 e. The first-order valence-corrected chi connectivity index (χ1v) is 11.8. The normalized spacial score (nSPS) is 14.2. The van der Waals surface area contributed by atoms with Gasteiger partial charge in [-0.05, 0) is 80.0 Å². The van der Waals surface area contributed by atoms with Crippen LogP contribution in [0, 0.1) is 11.2 Å². The number of rotatable bonds is 7. The van der Waals surface area contributed by atoms with E-state index in [0.29, 0.717) is 11.4 Å². The maximum Gasteiger partial charge on any atom is 0.146 e. The fraction of sp³-hybridized carbons (Fsp3) is 0.259. The van der Waals surface area contributed by atoms with Crippen molar-refractivity contribution in [1.29, 1.82) is 5.41 Å². The van der Waals surface area contributed by atoms with E-state index in [2.05, 4.69) is 26.1 Å². The van der Waals surface area contributed by atoms with Gasteiger partial charge < -0.3 is 4.90 Å². The third kappa shape index (κ3) is 5.44. The van der Waals surface area contributed by atoms with E-state index in [1.54, 1.807) is 35.1 Å². The van der Waals surface area contributed by atoms with Crippen LogP contribution in [0.1, 0.15) is 24.1 Å². The van der Waals surface area contributed by atoms with Crippen molar-refractivity contribution in [2.75, 3.05) is 19.6 Å². The Morgan fingerprint density at radius 2 is 1.80 bits per heavy atom. The molecular formula is C27H28FN7. The van der Waals surface area contributed by atoms with E-state index in [0.717, 1.165) is 35.3 Å². The fourth-order valence-corrected chi connectivity index (χ4v) is 4.31. The number of nitrogens with zero attached hydrogens (tertiary/aromatic N) is 6. The molecule has 3 aromatic heterocycles. The van der Waals surface area contributed by atoms with Gasteiger partial charge in [0.25, 0.3) is 0 Å². The zero-order valence-electron chi connectivity index (χ0n) is 19.7. The van der Waals surface area contributed by atoms with Crippen LogP contribution in [0.4, 0.5) is 4.39 Å². The highest BCUT2D eigenvalue weighted by Gasteiger charge is 2.14. The summed E-state index contributed by atoms with van der Waals surface area (Å²) in [6.45, 7) is 3.46. The second-order valence-electron chi connectivity index (χ2n) is 8.82. The van der Waals surface area contributed by atoms with E-state index in [-0.39, 0.29) is 11.3 Å². The quantitative estimate of drug-likeness (QED) is 0.440. The lowest BCUT2D eigenvalue weighted by Crippen LogP contribution is -2.22. The minimum absolute atomic E-state index is 0.257. The summed E-state index contributed by atoms with van der Waals surface area (Å²) in [7, 11) is 1.84. The van der Waals surface area contributed by atoms with E-state index < -0.39 is 0 Å². The summed E-state index contributed by atoms with van der Waals surface area (Å²) in [6.07, 6.45) is 11.0. The molecule has 0 atom stereocenters. The summed E-state index contributed by atoms with van der Waals surface area (Å²) >= 11 is 0. The Hall–Kier alpha value is -3.91. The topological polar surface area (TPSA) is 75.6 Å². The Balaban J connectivity index is 1.35. The van der Waals surface area contributed by atoms with Gasteiger partial charge in [0.05, 0.1) is 5.69 Å². The number of benzene rings is 1. The van der Waals surface area contributed by atoms with Crippen LogP contribution in [0.2, 0.25) is 0 Å². The van der Waals surface area contributed by atoms with Crippen LogP contribution in [0.3, 0.4) is 0 Å². The number of aryl methyl sites for hydroxylation is 1. The van der Waals surface area contributed by atoms with Gasteiger partial charge in [-0.1, -0.05) is 6.07 Å². The van der Waals surface area contributed by atoms with Crippen molar-refractivity contribution in [1.82, 2.24) is 29.4 Å². The minimum Gasteiger partial charge on any atom is -0.303 e. The van der Waals surface area contributed by atoms with Crippen molar-refractivity contribution < 1.29 is 4.39 Å². The molecule has 1 saturated heterocycles. The average molecular weight is 470 g/mol. The van der Waals surface area contributed by atoms with Crippen LogP contribution in [0.5, 0.6) is 0 Å². The molecule has 1 N–H and O–H groups in total. The van der Waals surface area contributed by atoms with Crippen LogP contribution >= 0.6 is 0 Å². The number of halogens is 1. The molecule has 0 bridgehead atoms. The summed E-state index contributed by atoms with van der Waals surface area (Å²) in [4.78, 5) is 7.09. The summed E-state index contributed by atoms with van der Waals surface area (Å²) < 4.78 is 16.6. The molecule has 178 valence electrons. The van der Waals surface area contributed by atoms with Crippen molar-refractivity contribution in [2.24, 2.45) is 7.05 Å². The van der Waals surface area contributed by atoms with Gasteiger partial charge in [0.2, 0.25) is 0 Å². The van der Waals surface area contributed by atoms with E-state index in [9.17, 15) is 4.39 Å². The van der Waals surface area contributed by atoms with E-state index >= 15 is 0 Å². The standard InChI is InChI=1S/C27H28FN7/c1-33-19-24(27(32-33)21-5-7-22(28)8-6-21)25-10-11-26(29)35(31-25)17-12-20-4-9-23(30-18-20)13-16-34-14-2-3-15-34/h4-12,17-19,29H,2-3,13-16H2,1H3/b17-12+,29-26?. The molecule has 1 aromatic carbocycles. The second-order valence-corrected chi connectivity index (χ2v) is 8.82. The molecule has 0 spiro atoms. The van der Waals surface area contributed by atoms with Gasteiger partial charge in [-0.3, -0.25) is 15.1 Å². The lowest BCUT2D eigenvalue weighted by Gasteiger charge is -2.13. The molecule has 1 fully saturated rings. The van der Waals surface area contributed by atoms with Gasteiger partial charge >= 0.3 is 0 Å². The lowest BCUT2D eigenvalue weighted by molar-refractivity contribution is 0.342. The molecule has 0 aliphatic carbocycles. The van der Waals surface area contributed by atoms with Gasteiger partial charge in [0, 0.05) is 55.4 Å². The number of hydrogen-bond acceptors (Lipinski definition) is 5. The molecule has 1 aliphatic rings.